The number of pyridine rings is 1. The molecular weight excluding hydrogens is 408 g/mol. The van der Waals surface area contributed by atoms with E-state index in [-0.39, 0.29) is 23.3 Å². The molecule has 2 N–H and O–H groups in total. The molecule has 0 aliphatic heterocycles. The van der Waals surface area contributed by atoms with Gasteiger partial charge < -0.3 is 19.9 Å². The fourth-order valence-corrected chi connectivity index (χ4v) is 3.39. The summed E-state index contributed by atoms with van der Waals surface area (Å²) < 4.78 is 10.4. The molecule has 174 valence electrons. The number of carbonyl (C=O) groups is 2. The Morgan fingerprint density at radius 1 is 1.03 bits per heavy atom. The van der Waals surface area contributed by atoms with Crippen molar-refractivity contribution in [3.63, 3.8) is 0 Å². The van der Waals surface area contributed by atoms with Gasteiger partial charge in [0.25, 0.3) is 5.91 Å². The summed E-state index contributed by atoms with van der Waals surface area (Å²) >= 11 is 0. The highest BCUT2D eigenvalue weighted by Gasteiger charge is 2.23. The molecule has 7 nitrogen and oxygen atoms in total. The van der Waals surface area contributed by atoms with Crippen LogP contribution in [0, 0.1) is 0 Å². The number of unbranched alkanes of at least 4 members (excludes halogenated alkanes) is 4. The van der Waals surface area contributed by atoms with Gasteiger partial charge in [-0.1, -0.05) is 49.6 Å². The summed E-state index contributed by atoms with van der Waals surface area (Å²) in [4.78, 5) is 28.5. The average Bonchev–Trinajstić information content (AvgIpc) is 2.79. The maximum atomic E-state index is 12.3. The maximum absolute atomic E-state index is 12.3. The van der Waals surface area contributed by atoms with Crippen LogP contribution in [0.2, 0.25) is 0 Å². The molecule has 0 fully saturated rings. The van der Waals surface area contributed by atoms with Gasteiger partial charge in [0.2, 0.25) is 0 Å². The van der Waals surface area contributed by atoms with Crippen LogP contribution in [-0.4, -0.2) is 41.2 Å². The van der Waals surface area contributed by atoms with Crippen molar-refractivity contribution in [2.45, 2.75) is 70.9 Å². The molecule has 7 heteroatoms. The minimum absolute atomic E-state index is 0.133. The first-order valence-electron chi connectivity index (χ1n) is 11.2. The summed E-state index contributed by atoms with van der Waals surface area (Å²) in [5.74, 6) is -1.43. The average molecular weight is 443 g/mol. The van der Waals surface area contributed by atoms with E-state index in [4.69, 9.17) is 9.47 Å². The Kier molecular flexibility index (Phi) is 10.5. The van der Waals surface area contributed by atoms with Gasteiger partial charge in [0.1, 0.15) is 6.04 Å². The molecule has 2 aromatic rings. The molecule has 0 aliphatic rings. The van der Waals surface area contributed by atoms with E-state index in [1.165, 1.54) is 44.7 Å². The third-order valence-electron chi connectivity index (χ3n) is 5.26. The van der Waals surface area contributed by atoms with E-state index < -0.39 is 17.9 Å². The number of methoxy groups -OCH3 is 1. The zero-order chi connectivity index (χ0) is 23.3. The van der Waals surface area contributed by atoms with Gasteiger partial charge in [0.05, 0.1) is 13.2 Å². The van der Waals surface area contributed by atoms with Gasteiger partial charge in [-0.05, 0) is 45.1 Å². The number of hydrogen-bond acceptors (Lipinski definition) is 6. The number of esters is 1. The van der Waals surface area contributed by atoms with Crippen molar-refractivity contribution in [2.24, 2.45) is 0 Å². The molecule has 1 heterocycles. The van der Waals surface area contributed by atoms with Crippen LogP contribution in [0.4, 0.5) is 0 Å². The monoisotopic (exact) mass is 442 g/mol. The lowest BCUT2D eigenvalue weighted by Gasteiger charge is -2.18. The molecular formula is C25H34N2O5. The topological polar surface area (TPSA) is 97.8 Å². The van der Waals surface area contributed by atoms with Crippen LogP contribution in [-0.2, 0) is 16.0 Å². The standard InChI is InChI=1S/C25H34N2O5/c1-18(12-8-5-4-6-9-13-20-14-10-7-11-15-20)32-25(30)19(2)27-24(29)22-23(28)21(31-3)16-17-26-22/h7,10-11,14-19,28H,4-6,8-9,12-13H2,1-3H3,(H,27,29)/t18?,19-/m0/s1. The molecule has 2 atom stereocenters. The second kappa shape index (κ2) is 13.3. The van der Waals surface area contributed by atoms with E-state index in [1.54, 1.807) is 0 Å². The van der Waals surface area contributed by atoms with Gasteiger partial charge in [-0.3, -0.25) is 4.79 Å². The summed E-state index contributed by atoms with van der Waals surface area (Å²) in [6.07, 6.45) is 8.64. The second-order valence-electron chi connectivity index (χ2n) is 7.95. The normalized spacial score (nSPS) is 12.6. The van der Waals surface area contributed by atoms with E-state index >= 15 is 0 Å². The fourth-order valence-electron chi connectivity index (χ4n) is 3.39. The number of aromatic nitrogens is 1. The number of ether oxygens (including phenoxy) is 2. The first-order valence-corrected chi connectivity index (χ1v) is 11.2. The van der Waals surface area contributed by atoms with Gasteiger partial charge in [0.15, 0.2) is 17.2 Å². The van der Waals surface area contributed by atoms with Crippen molar-refractivity contribution in [2.75, 3.05) is 7.11 Å². The number of nitrogens with one attached hydrogen (secondary N) is 1. The molecule has 2 rings (SSSR count). The third kappa shape index (κ3) is 8.21. The van der Waals surface area contributed by atoms with E-state index in [9.17, 15) is 14.7 Å². The van der Waals surface area contributed by atoms with Crippen LogP contribution < -0.4 is 10.1 Å². The summed E-state index contributed by atoms with van der Waals surface area (Å²) in [7, 11) is 1.38. The highest BCUT2D eigenvalue weighted by Crippen LogP contribution is 2.27. The number of nitrogens with zero attached hydrogens (tertiary/aromatic N) is 1. The smallest absolute Gasteiger partial charge is 0.328 e. The highest BCUT2D eigenvalue weighted by atomic mass is 16.5. The van der Waals surface area contributed by atoms with E-state index in [1.807, 2.05) is 13.0 Å². The van der Waals surface area contributed by atoms with Gasteiger partial charge in [-0.15, -0.1) is 0 Å². The highest BCUT2D eigenvalue weighted by molar-refractivity contribution is 5.97. The number of carbonyl (C=O) groups excluding carboxylic acids is 2. The minimum atomic E-state index is -0.865. The summed E-state index contributed by atoms with van der Waals surface area (Å²) in [6.45, 7) is 3.40. The Labute approximate surface area is 190 Å². The van der Waals surface area contributed by atoms with Crippen LogP contribution in [0.15, 0.2) is 42.6 Å². The zero-order valence-electron chi connectivity index (χ0n) is 19.2. The number of amides is 1. The number of aromatic hydroxyl groups is 1. The molecule has 0 spiro atoms. The Balaban J connectivity index is 1.62. The molecule has 0 saturated carbocycles. The molecule has 1 unspecified atom stereocenters. The molecule has 1 aromatic heterocycles. The lowest BCUT2D eigenvalue weighted by Crippen LogP contribution is -2.41. The van der Waals surface area contributed by atoms with Crippen molar-refractivity contribution in [3.05, 3.63) is 53.9 Å². The lowest BCUT2D eigenvalue weighted by molar-refractivity contribution is -0.150. The molecule has 32 heavy (non-hydrogen) atoms. The summed E-state index contributed by atoms with van der Waals surface area (Å²) in [6, 6.07) is 11.1. The van der Waals surface area contributed by atoms with E-state index in [0.717, 1.165) is 32.1 Å². The van der Waals surface area contributed by atoms with Crippen LogP contribution in [0.5, 0.6) is 11.5 Å². The van der Waals surface area contributed by atoms with Crippen molar-refractivity contribution in [1.29, 1.82) is 0 Å². The third-order valence-corrected chi connectivity index (χ3v) is 5.26. The van der Waals surface area contributed by atoms with Crippen LogP contribution in [0.25, 0.3) is 0 Å². The minimum Gasteiger partial charge on any atom is -0.503 e. The van der Waals surface area contributed by atoms with Crippen molar-refractivity contribution >= 4 is 11.9 Å². The molecule has 0 bridgehead atoms. The predicted octanol–water partition coefficient (Wildman–Crippen LogP) is 4.43. The van der Waals surface area contributed by atoms with E-state index in [0.29, 0.717) is 0 Å². The summed E-state index contributed by atoms with van der Waals surface area (Å²) in [5, 5.41) is 12.5. The quantitative estimate of drug-likeness (QED) is 0.352. The molecule has 0 saturated heterocycles. The fraction of sp³-hybridized carbons (Fsp3) is 0.480. The van der Waals surface area contributed by atoms with Gasteiger partial charge in [-0.25, -0.2) is 9.78 Å². The number of rotatable bonds is 13. The van der Waals surface area contributed by atoms with Crippen LogP contribution >= 0.6 is 0 Å². The number of aryl methyl sites for hydroxylation is 1. The largest absolute Gasteiger partial charge is 0.503 e. The lowest BCUT2D eigenvalue weighted by atomic mass is 10.0. The zero-order valence-corrected chi connectivity index (χ0v) is 19.2. The van der Waals surface area contributed by atoms with Crippen LogP contribution in [0.3, 0.4) is 0 Å². The Morgan fingerprint density at radius 2 is 1.72 bits per heavy atom. The van der Waals surface area contributed by atoms with E-state index in [2.05, 4.69) is 34.6 Å². The Hall–Kier alpha value is -3.09. The van der Waals surface area contributed by atoms with Gasteiger partial charge in [0, 0.05) is 12.3 Å². The predicted molar refractivity (Wildman–Crippen MR) is 123 cm³/mol. The number of benzene rings is 1. The van der Waals surface area contributed by atoms with Crippen molar-refractivity contribution in [3.8, 4) is 11.5 Å². The van der Waals surface area contributed by atoms with Gasteiger partial charge in [-0.2, -0.15) is 0 Å². The maximum Gasteiger partial charge on any atom is 0.328 e. The number of hydrogen-bond donors (Lipinski definition) is 2. The Bertz CT molecular complexity index is 857. The SMILES string of the molecule is COc1ccnc(C(=O)N[C@@H](C)C(=O)OC(C)CCCCCCCc2ccccc2)c1O. The van der Waals surface area contributed by atoms with Crippen molar-refractivity contribution < 1.29 is 24.2 Å². The summed E-state index contributed by atoms with van der Waals surface area (Å²) in [5.41, 5.74) is 1.18. The van der Waals surface area contributed by atoms with Crippen molar-refractivity contribution in [1.82, 2.24) is 10.3 Å². The van der Waals surface area contributed by atoms with Crippen LogP contribution in [0.1, 0.15) is 68.4 Å². The molecule has 1 amide bonds. The first kappa shape index (κ1) is 25.2. The molecule has 1 aromatic carbocycles. The van der Waals surface area contributed by atoms with Gasteiger partial charge >= 0.3 is 5.97 Å². The Morgan fingerprint density at radius 3 is 2.44 bits per heavy atom. The molecule has 0 radical (unpaired) electrons. The molecule has 0 aliphatic carbocycles. The first-order chi connectivity index (χ1) is 15.4. The second-order valence-corrected chi connectivity index (χ2v) is 7.95.